The Morgan fingerprint density at radius 1 is 1.06 bits per heavy atom. The van der Waals surface area contributed by atoms with E-state index < -0.39 is 0 Å². The Kier molecular flexibility index (Phi) is 2.43. The molecule has 0 aliphatic heterocycles. The first kappa shape index (κ1) is 11.1. The molecule has 0 nitrogen and oxygen atoms in total. The SMILES string of the molecule is CC1=C(C)[C@@](C)(c2ccccc2)[C@@H]2CCC[C@H]12. The maximum atomic E-state index is 2.47. The Hall–Kier alpha value is -1.04. The van der Waals surface area contributed by atoms with Gasteiger partial charge in [-0.25, -0.2) is 0 Å². The van der Waals surface area contributed by atoms with Crippen molar-refractivity contribution in [2.24, 2.45) is 11.8 Å². The van der Waals surface area contributed by atoms with E-state index in [9.17, 15) is 0 Å². The molecule has 3 atom stereocenters. The number of fused-ring (bicyclic) bond motifs is 1. The summed E-state index contributed by atoms with van der Waals surface area (Å²) in [6, 6.07) is 11.1. The van der Waals surface area contributed by atoms with Crippen molar-refractivity contribution in [1.29, 1.82) is 0 Å². The molecular weight excluding hydrogens is 204 g/mol. The maximum absolute atomic E-state index is 2.47. The van der Waals surface area contributed by atoms with Gasteiger partial charge in [0.25, 0.3) is 0 Å². The summed E-state index contributed by atoms with van der Waals surface area (Å²) < 4.78 is 0. The standard InChI is InChI=1S/C17H22/c1-12-13(2)17(3,14-8-5-4-6-9-14)16-11-7-10-15(12)16/h4-6,8-9,15-16H,7,10-11H2,1-3H3/t15-,16-,17+/m1/s1. The summed E-state index contributed by atoms with van der Waals surface area (Å²) in [5.41, 5.74) is 5.13. The van der Waals surface area contributed by atoms with Gasteiger partial charge >= 0.3 is 0 Å². The highest BCUT2D eigenvalue weighted by Gasteiger charge is 2.50. The first-order chi connectivity index (χ1) is 8.15. The van der Waals surface area contributed by atoms with Crippen molar-refractivity contribution < 1.29 is 0 Å². The van der Waals surface area contributed by atoms with Crippen molar-refractivity contribution in [3.63, 3.8) is 0 Å². The minimum atomic E-state index is 0.298. The Bertz CT molecular complexity index is 454. The average Bonchev–Trinajstić information content (AvgIpc) is 2.92. The average molecular weight is 226 g/mol. The third-order valence-corrected chi connectivity index (χ3v) is 5.56. The topological polar surface area (TPSA) is 0 Å². The van der Waals surface area contributed by atoms with Gasteiger partial charge in [0, 0.05) is 5.41 Å². The molecule has 1 fully saturated rings. The molecule has 0 unspecified atom stereocenters. The van der Waals surface area contributed by atoms with Gasteiger partial charge in [0.05, 0.1) is 0 Å². The third kappa shape index (κ3) is 1.36. The molecule has 3 rings (SSSR count). The molecule has 0 amide bonds. The minimum Gasteiger partial charge on any atom is -0.0701 e. The van der Waals surface area contributed by atoms with Gasteiger partial charge in [-0.3, -0.25) is 0 Å². The lowest BCUT2D eigenvalue weighted by molar-refractivity contribution is 0.330. The Morgan fingerprint density at radius 3 is 2.47 bits per heavy atom. The van der Waals surface area contributed by atoms with Gasteiger partial charge < -0.3 is 0 Å². The van der Waals surface area contributed by atoms with Crippen LogP contribution in [0.3, 0.4) is 0 Å². The molecule has 1 aromatic carbocycles. The Balaban J connectivity index is 2.13. The molecule has 2 aliphatic rings. The smallest absolute Gasteiger partial charge is 0.0167 e. The molecule has 1 aromatic rings. The summed E-state index contributed by atoms with van der Waals surface area (Å²) in [4.78, 5) is 0. The second-order valence-corrected chi connectivity index (χ2v) is 6.02. The zero-order valence-electron chi connectivity index (χ0n) is 11.2. The fourth-order valence-electron chi connectivity index (χ4n) is 4.35. The molecule has 0 heterocycles. The van der Waals surface area contributed by atoms with Crippen LogP contribution in [-0.4, -0.2) is 0 Å². The van der Waals surface area contributed by atoms with E-state index in [1.807, 2.05) is 0 Å². The predicted molar refractivity (Wildman–Crippen MR) is 73.0 cm³/mol. The second-order valence-electron chi connectivity index (χ2n) is 6.02. The molecule has 90 valence electrons. The van der Waals surface area contributed by atoms with E-state index in [1.54, 1.807) is 11.1 Å². The van der Waals surface area contributed by atoms with Crippen LogP contribution < -0.4 is 0 Å². The molecule has 0 radical (unpaired) electrons. The summed E-state index contributed by atoms with van der Waals surface area (Å²) in [6.07, 6.45) is 4.24. The molecule has 0 bridgehead atoms. The van der Waals surface area contributed by atoms with Gasteiger partial charge in [0.15, 0.2) is 0 Å². The van der Waals surface area contributed by atoms with Crippen molar-refractivity contribution in [1.82, 2.24) is 0 Å². The predicted octanol–water partition coefficient (Wildman–Crippen LogP) is 4.71. The summed E-state index contributed by atoms with van der Waals surface area (Å²) in [5.74, 6) is 1.71. The summed E-state index contributed by atoms with van der Waals surface area (Å²) >= 11 is 0. The maximum Gasteiger partial charge on any atom is 0.0167 e. The second kappa shape index (κ2) is 3.73. The fourth-order valence-corrected chi connectivity index (χ4v) is 4.35. The lowest BCUT2D eigenvalue weighted by Crippen LogP contribution is -2.30. The zero-order chi connectivity index (χ0) is 12.0. The van der Waals surface area contributed by atoms with Crippen molar-refractivity contribution in [2.45, 2.75) is 45.4 Å². The van der Waals surface area contributed by atoms with Crippen LogP contribution in [0.5, 0.6) is 0 Å². The first-order valence-electron chi connectivity index (χ1n) is 6.89. The largest absolute Gasteiger partial charge is 0.0701 e. The molecule has 0 saturated heterocycles. The van der Waals surface area contributed by atoms with E-state index in [0.29, 0.717) is 5.41 Å². The number of hydrogen-bond donors (Lipinski definition) is 0. The van der Waals surface area contributed by atoms with Crippen LogP contribution in [0.1, 0.15) is 45.6 Å². The highest BCUT2D eigenvalue weighted by atomic mass is 14.5. The molecule has 0 spiro atoms. The van der Waals surface area contributed by atoms with Crippen LogP contribution in [0.15, 0.2) is 41.5 Å². The monoisotopic (exact) mass is 226 g/mol. The Labute approximate surface area is 105 Å². The molecule has 0 N–H and O–H groups in total. The van der Waals surface area contributed by atoms with Crippen LogP contribution in [0, 0.1) is 11.8 Å². The van der Waals surface area contributed by atoms with Crippen LogP contribution in [0.2, 0.25) is 0 Å². The van der Waals surface area contributed by atoms with E-state index in [2.05, 4.69) is 51.1 Å². The number of benzene rings is 1. The van der Waals surface area contributed by atoms with E-state index in [0.717, 1.165) is 11.8 Å². The van der Waals surface area contributed by atoms with Crippen LogP contribution in [0.4, 0.5) is 0 Å². The molecule has 1 saturated carbocycles. The van der Waals surface area contributed by atoms with Crippen LogP contribution in [-0.2, 0) is 5.41 Å². The number of allylic oxidation sites excluding steroid dienone is 2. The molecular formula is C17H22. The quantitative estimate of drug-likeness (QED) is 0.608. The Morgan fingerprint density at radius 2 is 1.76 bits per heavy atom. The van der Waals surface area contributed by atoms with Crippen molar-refractivity contribution >= 4 is 0 Å². The van der Waals surface area contributed by atoms with E-state index in [4.69, 9.17) is 0 Å². The zero-order valence-corrected chi connectivity index (χ0v) is 11.2. The number of rotatable bonds is 1. The highest BCUT2D eigenvalue weighted by molar-refractivity contribution is 5.44. The third-order valence-electron chi connectivity index (χ3n) is 5.56. The van der Waals surface area contributed by atoms with E-state index >= 15 is 0 Å². The van der Waals surface area contributed by atoms with Gasteiger partial charge in [-0.2, -0.15) is 0 Å². The van der Waals surface area contributed by atoms with Gasteiger partial charge in [-0.1, -0.05) is 54.8 Å². The van der Waals surface area contributed by atoms with Crippen molar-refractivity contribution in [3.8, 4) is 0 Å². The lowest BCUT2D eigenvalue weighted by Gasteiger charge is -2.34. The minimum absolute atomic E-state index is 0.298. The summed E-state index contributed by atoms with van der Waals surface area (Å²) in [7, 11) is 0. The first-order valence-corrected chi connectivity index (χ1v) is 6.89. The normalized spacial score (nSPS) is 36.4. The van der Waals surface area contributed by atoms with Gasteiger partial charge in [0.2, 0.25) is 0 Å². The van der Waals surface area contributed by atoms with Crippen LogP contribution in [0.25, 0.3) is 0 Å². The molecule has 2 aliphatic carbocycles. The van der Waals surface area contributed by atoms with Gasteiger partial charge in [0.1, 0.15) is 0 Å². The van der Waals surface area contributed by atoms with Gasteiger partial charge in [-0.05, 0) is 44.1 Å². The van der Waals surface area contributed by atoms with Crippen molar-refractivity contribution in [3.05, 3.63) is 47.0 Å². The summed E-state index contributed by atoms with van der Waals surface area (Å²) in [5, 5.41) is 0. The molecule has 0 heteroatoms. The van der Waals surface area contributed by atoms with Crippen LogP contribution >= 0.6 is 0 Å². The highest BCUT2D eigenvalue weighted by Crippen LogP contribution is 2.58. The van der Waals surface area contributed by atoms with Crippen molar-refractivity contribution in [2.75, 3.05) is 0 Å². The van der Waals surface area contributed by atoms with E-state index in [1.165, 1.54) is 24.8 Å². The number of hydrogen-bond acceptors (Lipinski definition) is 0. The molecule has 0 aromatic heterocycles. The van der Waals surface area contributed by atoms with E-state index in [-0.39, 0.29) is 0 Å². The fraction of sp³-hybridized carbons (Fsp3) is 0.529. The lowest BCUT2D eigenvalue weighted by atomic mass is 9.69. The van der Waals surface area contributed by atoms with Gasteiger partial charge in [-0.15, -0.1) is 0 Å². The summed E-state index contributed by atoms with van der Waals surface area (Å²) in [6.45, 7) is 7.20. The molecule has 17 heavy (non-hydrogen) atoms.